The van der Waals surface area contributed by atoms with Gasteiger partial charge in [0.25, 0.3) is 5.91 Å². The van der Waals surface area contributed by atoms with Crippen LogP contribution in [0.15, 0.2) is 64.9 Å². The highest BCUT2D eigenvalue weighted by Gasteiger charge is 2.21. The number of benzene rings is 2. The number of amides is 1. The molecular weight excluding hydrogens is 422 g/mol. The van der Waals surface area contributed by atoms with Gasteiger partial charge in [0.1, 0.15) is 0 Å². The topological polar surface area (TPSA) is 97.4 Å². The van der Waals surface area contributed by atoms with Crippen LogP contribution in [0.2, 0.25) is 0 Å². The maximum atomic E-state index is 12.6. The van der Waals surface area contributed by atoms with E-state index in [1.54, 1.807) is 12.1 Å². The van der Waals surface area contributed by atoms with Gasteiger partial charge in [-0.05, 0) is 31.0 Å². The summed E-state index contributed by atoms with van der Waals surface area (Å²) in [7, 11) is -3.73. The van der Waals surface area contributed by atoms with Crippen molar-refractivity contribution in [3.8, 4) is 11.3 Å². The highest BCUT2D eigenvalue weighted by molar-refractivity contribution is 7.89. The van der Waals surface area contributed by atoms with Gasteiger partial charge >= 0.3 is 0 Å². The molecule has 0 saturated carbocycles. The molecule has 0 radical (unpaired) electrons. The zero-order valence-electron chi connectivity index (χ0n) is 16.1. The van der Waals surface area contributed by atoms with Crippen LogP contribution in [0.25, 0.3) is 11.3 Å². The van der Waals surface area contributed by atoms with Crippen LogP contribution in [-0.4, -0.2) is 38.6 Å². The standard InChI is InChI=1S/C21H21N3O4S2/c25-20(24-21-23-19(14-29-21)15-6-2-1-3-7-15)16-8-4-10-18(12-16)30(26,27)22-13-17-9-5-11-28-17/h1-4,6-8,10,12,14,17,22H,5,9,11,13H2,(H,23,24,25). The molecule has 2 N–H and O–H groups in total. The average Bonchev–Trinajstić information content (AvgIpc) is 3.45. The molecule has 1 saturated heterocycles. The van der Waals surface area contributed by atoms with Gasteiger partial charge in [0.05, 0.1) is 16.7 Å². The molecule has 0 spiro atoms. The molecule has 3 aromatic rings. The lowest BCUT2D eigenvalue weighted by atomic mass is 10.2. The van der Waals surface area contributed by atoms with Crippen LogP contribution in [0, 0.1) is 0 Å². The molecule has 1 atom stereocenters. The second-order valence-corrected chi connectivity index (χ2v) is 9.50. The molecular formula is C21H21N3O4S2. The number of carbonyl (C=O) groups is 1. The highest BCUT2D eigenvalue weighted by Crippen LogP contribution is 2.25. The van der Waals surface area contributed by atoms with Gasteiger partial charge in [0, 0.05) is 29.7 Å². The lowest BCUT2D eigenvalue weighted by Gasteiger charge is -2.12. The molecule has 7 nitrogen and oxygen atoms in total. The summed E-state index contributed by atoms with van der Waals surface area (Å²) in [5, 5.41) is 5.05. The average molecular weight is 444 g/mol. The van der Waals surface area contributed by atoms with Gasteiger partial charge in [-0.2, -0.15) is 0 Å². The van der Waals surface area contributed by atoms with Crippen LogP contribution in [0.5, 0.6) is 0 Å². The Morgan fingerprint density at radius 3 is 2.77 bits per heavy atom. The summed E-state index contributed by atoms with van der Waals surface area (Å²) in [6, 6.07) is 15.6. The van der Waals surface area contributed by atoms with Gasteiger partial charge in [-0.15, -0.1) is 11.3 Å². The van der Waals surface area contributed by atoms with Gasteiger partial charge in [-0.25, -0.2) is 18.1 Å². The summed E-state index contributed by atoms with van der Waals surface area (Å²) in [5.41, 5.74) is 1.97. The minimum atomic E-state index is -3.73. The molecule has 0 bridgehead atoms. The summed E-state index contributed by atoms with van der Waals surface area (Å²) < 4.78 is 33.2. The predicted molar refractivity (Wildman–Crippen MR) is 116 cm³/mol. The van der Waals surface area contributed by atoms with E-state index in [2.05, 4.69) is 15.0 Å². The van der Waals surface area contributed by atoms with Crippen molar-refractivity contribution in [1.29, 1.82) is 0 Å². The van der Waals surface area contributed by atoms with Crippen LogP contribution in [0.4, 0.5) is 5.13 Å². The van der Waals surface area contributed by atoms with Crippen LogP contribution in [0.3, 0.4) is 0 Å². The number of anilines is 1. The van der Waals surface area contributed by atoms with E-state index in [9.17, 15) is 13.2 Å². The second-order valence-electron chi connectivity index (χ2n) is 6.87. The Bertz CT molecular complexity index is 1120. The molecule has 2 aromatic carbocycles. The highest BCUT2D eigenvalue weighted by atomic mass is 32.2. The van der Waals surface area contributed by atoms with E-state index in [-0.39, 0.29) is 23.1 Å². The van der Waals surface area contributed by atoms with Gasteiger partial charge < -0.3 is 4.74 Å². The van der Waals surface area contributed by atoms with E-state index in [4.69, 9.17) is 4.74 Å². The van der Waals surface area contributed by atoms with Crippen molar-refractivity contribution in [2.45, 2.75) is 23.8 Å². The fraction of sp³-hybridized carbons (Fsp3) is 0.238. The zero-order valence-corrected chi connectivity index (χ0v) is 17.7. The Labute approximate surface area is 179 Å². The molecule has 1 amide bonds. The molecule has 4 rings (SSSR count). The first-order valence-corrected chi connectivity index (χ1v) is 11.9. The number of carbonyl (C=O) groups excluding carboxylic acids is 1. The molecule has 9 heteroatoms. The van der Waals surface area contributed by atoms with Crippen molar-refractivity contribution >= 4 is 32.4 Å². The van der Waals surface area contributed by atoms with E-state index in [1.807, 2.05) is 35.7 Å². The van der Waals surface area contributed by atoms with Gasteiger partial charge in [0.15, 0.2) is 5.13 Å². The third kappa shape index (κ3) is 4.93. The lowest BCUT2D eigenvalue weighted by Crippen LogP contribution is -2.32. The summed E-state index contributed by atoms with van der Waals surface area (Å²) in [6.45, 7) is 0.880. The molecule has 156 valence electrons. The van der Waals surface area contributed by atoms with E-state index < -0.39 is 15.9 Å². The first-order valence-electron chi connectivity index (χ1n) is 9.55. The molecule has 30 heavy (non-hydrogen) atoms. The summed E-state index contributed by atoms with van der Waals surface area (Å²) in [6.07, 6.45) is 1.67. The van der Waals surface area contributed by atoms with E-state index in [0.29, 0.717) is 11.7 Å². The van der Waals surface area contributed by atoms with Crippen molar-refractivity contribution in [3.63, 3.8) is 0 Å². The summed E-state index contributed by atoms with van der Waals surface area (Å²) >= 11 is 1.31. The monoisotopic (exact) mass is 443 g/mol. The number of hydrogen-bond donors (Lipinski definition) is 2. The molecule has 2 heterocycles. The normalized spacial score (nSPS) is 16.5. The van der Waals surface area contributed by atoms with E-state index >= 15 is 0 Å². The fourth-order valence-corrected chi connectivity index (χ4v) is 4.96. The maximum Gasteiger partial charge on any atom is 0.257 e. The van der Waals surface area contributed by atoms with Crippen molar-refractivity contribution in [1.82, 2.24) is 9.71 Å². The molecule has 1 aliphatic rings. The summed E-state index contributed by atoms with van der Waals surface area (Å²) in [5.74, 6) is -0.417. The van der Waals surface area contributed by atoms with E-state index in [1.165, 1.54) is 23.5 Å². The van der Waals surface area contributed by atoms with Crippen LogP contribution >= 0.6 is 11.3 Å². The minimum absolute atomic E-state index is 0.0391. The van der Waals surface area contributed by atoms with Crippen molar-refractivity contribution in [2.75, 3.05) is 18.5 Å². The van der Waals surface area contributed by atoms with Gasteiger partial charge in [-0.3, -0.25) is 10.1 Å². The number of sulfonamides is 1. The molecule has 1 aliphatic heterocycles. The number of nitrogens with one attached hydrogen (secondary N) is 2. The molecule has 1 aromatic heterocycles. The Balaban J connectivity index is 1.44. The first kappa shape index (κ1) is 20.7. The minimum Gasteiger partial charge on any atom is -0.377 e. The van der Waals surface area contributed by atoms with E-state index in [0.717, 1.165) is 24.1 Å². The number of rotatable bonds is 7. The fourth-order valence-electron chi connectivity index (χ4n) is 3.14. The number of hydrogen-bond acceptors (Lipinski definition) is 6. The summed E-state index contributed by atoms with van der Waals surface area (Å²) in [4.78, 5) is 17.1. The number of ether oxygens (including phenoxy) is 1. The molecule has 1 unspecified atom stereocenters. The van der Waals surface area contributed by atoms with Gasteiger partial charge in [0.2, 0.25) is 10.0 Å². The SMILES string of the molecule is O=C(Nc1nc(-c2ccccc2)cs1)c1cccc(S(=O)(=O)NCC2CCCO2)c1. The largest absolute Gasteiger partial charge is 0.377 e. The Hall–Kier alpha value is -2.59. The lowest BCUT2D eigenvalue weighted by molar-refractivity contribution is 0.102. The van der Waals surface area contributed by atoms with Crippen molar-refractivity contribution < 1.29 is 17.9 Å². The number of aromatic nitrogens is 1. The van der Waals surface area contributed by atoms with Crippen molar-refractivity contribution in [3.05, 3.63) is 65.5 Å². The second kappa shape index (κ2) is 9.05. The molecule has 0 aliphatic carbocycles. The Morgan fingerprint density at radius 1 is 1.17 bits per heavy atom. The maximum absolute atomic E-state index is 12.6. The van der Waals surface area contributed by atoms with Crippen LogP contribution in [0.1, 0.15) is 23.2 Å². The smallest absolute Gasteiger partial charge is 0.257 e. The third-order valence-electron chi connectivity index (χ3n) is 4.73. The Kier molecular flexibility index (Phi) is 6.24. The Morgan fingerprint density at radius 2 is 2.00 bits per heavy atom. The van der Waals surface area contributed by atoms with Crippen LogP contribution in [-0.2, 0) is 14.8 Å². The van der Waals surface area contributed by atoms with Crippen molar-refractivity contribution in [2.24, 2.45) is 0 Å². The number of thiazole rings is 1. The van der Waals surface area contributed by atoms with Crippen LogP contribution < -0.4 is 10.0 Å². The number of nitrogens with zero attached hydrogens (tertiary/aromatic N) is 1. The molecule has 1 fully saturated rings. The quantitative estimate of drug-likeness (QED) is 0.582. The predicted octanol–water partition coefficient (Wildman–Crippen LogP) is 3.52. The third-order valence-corrected chi connectivity index (χ3v) is 6.90. The zero-order chi connectivity index (χ0) is 21.0. The van der Waals surface area contributed by atoms with Gasteiger partial charge in [-0.1, -0.05) is 36.4 Å². The first-order chi connectivity index (χ1) is 14.5.